The van der Waals surface area contributed by atoms with Crippen LogP contribution >= 0.6 is 11.3 Å². The second-order valence-corrected chi connectivity index (χ2v) is 11.3. The Morgan fingerprint density at radius 2 is 1.80 bits per heavy atom. The lowest BCUT2D eigenvalue weighted by Crippen LogP contribution is -2.50. The number of hydrogen-bond donors (Lipinski definition) is 3. The number of amides is 3. The number of carbonyl (C=O) groups excluding carboxylic acids is 3. The van der Waals surface area contributed by atoms with Crippen molar-refractivity contribution in [2.75, 3.05) is 6.54 Å². The summed E-state index contributed by atoms with van der Waals surface area (Å²) in [6, 6.07) is 16.8. The van der Waals surface area contributed by atoms with Crippen LogP contribution in [0.15, 0.2) is 71.1 Å². The molecule has 0 spiro atoms. The van der Waals surface area contributed by atoms with Crippen molar-refractivity contribution < 1.29 is 24.2 Å². The van der Waals surface area contributed by atoms with E-state index in [9.17, 15) is 24.5 Å². The van der Waals surface area contributed by atoms with Gasteiger partial charge < -0.3 is 26.0 Å². The molecule has 1 aliphatic heterocycles. The number of nitrogens with zero attached hydrogens (tertiary/aromatic N) is 3. The molecule has 2 aromatic carbocycles. The monoisotopic (exact) mass is 576 g/mol. The number of benzene rings is 2. The molecule has 0 unspecified atom stereocenters. The third-order valence-corrected chi connectivity index (χ3v) is 8.23. The molecule has 4 N–H and O–H groups in total. The molecule has 2 heterocycles. The maximum absolute atomic E-state index is 13.2. The first kappa shape index (κ1) is 27.8. The van der Waals surface area contributed by atoms with Crippen molar-refractivity contribution in [1.29, 1.82) is 0 Å². The Kier molecular flexibility index (Phi) is 7.70. The van der Waals surface area contributed by atoms with Crippen LogP contribution in [0.5, 0.6) is 11.5 Å². The van der Waals surface area contributed by atoms with Crippen molar-refractivity contribution in [3.63, 3.8) is 0 Å². The van der Waals surface area contributed by atoms with E-state index in [1.54, 1.807) is 40.6 Å². The van der Waals surface area contributed by atoms with Gasteiger partial charge in [0, 0.05) is 27.4 Å². The number of hydrazone groups is 1. The molecule has 0 radical (unpaired) electrons. The Morgan fingerprint density at radius 3 is 2.51 bits per heavy atom. The molecule has 41 heavy (non-hydrogen) atoms. The van der Waals surface area contributed by atoms with Gasteiger partial charge in [-0.25, -0.2) is 10.1 Å². The summed E-state index contributed by atoms with van der Waals surface area (Å²) >= 11 is 1.28. The Morgan fingerprint density at radius 1 is 1.10 bits per heavy atom. The molecule has 12 nitrogen and oxygen atoms in total. The minimum absolute atomic E-state index is 0.0523. The number of nitro groups is 1. The number of carbonyl (C=O) groups is 3. The summed E-state index contributed by atoms with van der Waals surface area (Å²) in [6.07, 6.45) is 1.34. The second-order valence-electron chi connectivity index (χ2n) is 10.3. The number of nitrogens with two attached hydrogens (primary N) is 1. The van der Waals surface area contributed by atoms with E-state index >= 15 is 0 Å². The fourth-order valence-corrected chi connectivity index (χ4v) is 5.87. The smallest absolute Gasteiger partial charge is 0.251 e. The lowest BCUT2D eigenvalue weighted by Gasteiger charge is -2.27. The van der Waals surface area contributed by atoms with Crippen molar-refractivity contribution in [2.24, 2.45) is 16.3 Å². The van der Waals surface area contributed by atoms with Gasteiger partial charge in [0.25, 0.3) is 5.91 Å². The third kappa shape index (κ3) is 6.35. The van der Waals surface area contributed by atoms with Crippen LogP contribution in [-0.4, -0.2) is 52.1 Å². The predicted molar refractivity (Wildman–Crippen MR) is 151 cm³/mol. The number of thiophene rings is 1. The normalized spacial score (nSPS) is 21.1. The lowest BCUT2D eigenvalue weighted by molar-refractivity contribution is -0.485. The molecule has 212 valence electrons. The maximum atomic E-state index is 13.2. The van der Waals surface area contributed by atoms with Crippen LogP contribution in [0.1, 0.15) is 40.6 Å². The van der Waals surface area contributed by atoms with Crippen LogP contribution < -0.4 is 21.1 Å². The number of rotatable bonds is 10. The van der Waals surface area contributed by atoms with Crippen molar-refractivity contribution in [3.8, 4) is 11.5 Å². The van der Waals surface area contributed by atoms with Crippen molar-refractivity contribution in [2.45, 2.75) is 38.4 Å². The SMILES string of the molecule is C[C@@]12C[C@@H]1N(C(=O)CNC(=O)c1ccc(Oc3ccccc3)cc1)[C@H](C(=O)NCc1cc(/C(N)=N/[N+](=O)[O-])cs1)C2. The first-order chi connectivity index (χ1) is 19.6. The van der Waals surface area contributed by atoms with Crippen LogP contribution in [0.25, 0.3) is 0 Å². The molecule has 2 aliphatic rings. The minimum atomic E-state index is -0.869. The van der Waals surface area contributed by atoms with Crippen LogP contribution in [0, 0.1) is 15.5 Å². The first-order valence-electron chi connectivity index (χ1n) is 12.9. The quantitative estimate of drug-likeness (QED) is 0.144. The summed E-state index contributed by atoms with van der Waals surface area (Å²) in [5.41, 5.74) is 6.27. The van der Waals surface area contributed by atoms with E-state index in [2.05, 4.69) is 15.7 Å². The summed E-state index contributed by atoms with van der Waals surface area (Å²) in [5.74, 6) is 0.0119. The first-order valence-corrected chi connectivity index (χ1v) is 13.8. The van der Waals surface area contributed by atoms with Crippen LogP contribution in [-0.2, 0) is 16.1 Å². The second kappa shape index (κ2) is 11.4. The molecule has 3 amide bonds. The van der Waals surface area contributed by atoms with E-state index in [-0.39, 0.29) is 42.2 Å². The van der Waals surface area contributed by atoms with Crippen LogP contribution in [0.4, 0.5) is 0 Å². The molecule has 3 aromatic rings. The van der Waals surface area contributed by atoms with Gasteiger partial charge in [0.1, 0.15) is 17.5 Å². The fourth-order valence-electron chi connectivity index (χ4n) is 5.05. The molecular formula is C28H28N6O6S. The van der Waals surface area contributed by atoms with E-state index in [0.717, 1.165) is 11.3 Å². The Hall–Kier alpha value is -4.78. The molecule has 1 aliphatic carbocycles. The van der Waals surface area contributed by atoms with Crippen LogP contribution in [0.2, 0.25) is 0 Å². The summed E-state index contributed by atoms with van der Waals surface area (Å²) in [4.78, 5) is 51.9. The van der Waals surface area contributed by atoms with Gasteiger partial charge in [-0.15, -0.1) is 11.3 Å². The van der Waals surface area contributed by atoms with Crippen molar-refractivity contribution in [3.05, 3.63) is 92.2 Å². The summed E-state index contributed by atoms with van der Waals surface area (Å²) in [6.45, 7) is 1.99. The van der Waals surface area contributed by atoms with Crippen LogP contribution in [0.3, 0.4) is 0 Å². The molecule has 0 bridgehead atoms. The molecule has 1 saturated heterocycles. The highest BCUT2D eigenvalue weighted by molar-refractivity contribution is 7.10. The molecule has 3 atom stereocenters. The zero-order chi connectivity index (χ0) is 29.1. The van der Waals surface area contributed by atoms with Gasteiger partial charge in [-0.05, 0) is 60.7 Å². The number of para-hydroxylation sites is 1. The largest absolute Gasteiger partial charge is 0.457 e. The van der Waals surface area contributed by atoms with Gasteiger partial charge >= 0.3 is 0 Å². The zero-order valence-corrected chi connectivity index (χ0v) is 22.9. The van der Waals surface area contributed by atoms with E-state index in [4.69, 9.17) is 10.5 Å². The van der Waals surface area contributed by atoms with Gasteiger partial charge in [0.15, 0.2) is 5.03 Å². The highest BCUT2D eigenvalue weighted by Gasteiger charge is 2.64. The number of nitrogens with one attached hydrogen (secondary N) is 2. The molecule has 2 fully saturated rings. The van der Waals surface area contributed by atoms with E-state index in [0.29, 0.717) is 29.0 Å². The van der Waals surface area contributed by atoms with Gasteiger partial charge in [-0.2, -0.15) is 0 Å². The van der Waals surface area contributed by atoms with Gasteiger partial charge in [-0.3, -0.25) is 14.4 Å². The summed E-state index contributed by atoms with van der Waals surface area (Å²) in [5, 5.41) is 19.9. The molecule has 1 aromatic heterocycles. The molecule has 13 heteroatoms. The standard InChI is InChI=1S/C28H28N6O6S/c1-28-12-22(27(37)30-14-21-11-18(16-41-21)25(29)32-34(38)39)33(23(28)13-28)24(35)15-31-26(36)17-7-9-20(10-8-17)40-19-5-3-2-4-6-19/h2-11,16,22-23H,12-15H2,1H3,(H2,29,32)(H,30,37)(H,31,36)/t22-,23-,28+/m0/s1. The molecular weight excluding hydrogens is 548 g/mol. The van der Waals surface area contributed by atoms with E-state index in [1.807, 2.05) is 37.3 Å². The van der Waals surface area contributed by atoms with E-state index in [1.165, 1.54) is 11.3 Å². The predicted octanol–water partition coefficient (Wildman–Crippen LogP) is 2.86. The fraction of sp³-hybridized carbons (Fsp3) is 0.286. The number of amidine groups is 1. The number of likely N-dealkylation sites (tertiary alicyclic amines) is 1. The zero-order valence-electron chi connectivity index (χ0n) is 22.1. The lowest BCUT2D eigenvalue weighted by atomic mass is 10.0. The number of fused-ring (bicyclic) bond motifs is 1. The number of hydrogen-bond acceptors (Lipinski definition) is 7. The Labute approximate surface area is 239 Å². The number of piperidine rings is 1. The third-order valence-electron chi connectivity index (χ3n) is 7.30. The minimum Gasteiger partial charge on any atom is -0.457 e. The molecule has 5 rings (SSSR count). The number of ether oxygens (including phenoxy) is 1. The highest BCUT2D eigenvalue weighted by atomic mass is 32.1. The molecule has 1 saturated carbocycles. The Balaban J connectivity index is 1.15. The summed E-state index contributed by atoms with van der Waals surface area (Å²) < 4.78 is 5.75. The van der Waals surface area contributed by atoms with Gasteiger partial charge in [0.05, 0.1) is 18.2 Å². The van der Waals surface area contributed by atoms with Crippen molar-refractivity contribution in [1.82, 2.24) is 15.5 Å². The van der Waals surface area contributed by atoms with Gasteiger partial charge in [0.2, 0.25) is 17.6 Å². The summed E-state index contributed by atoms with van der Waals surface area (Å²) in [7, 11) is 0. The van der Waals surface area contributed by atoms with Crippen molar-refractivity contribution >= 4 is 34.9 Å². The highest BCUT2D eigenvalue weighted by Crippen LogP contribution is 2.59. The topological polar surface area (TPSA) is 169 Å². The average molecular weight is 577 g/mol. The van der Waals surface area contributed by atoms with E-state index < -0.39 is 17.0 Å². The van der Waals surface area contributed by atoms with Gasteiger partial charge in [-0.1, -0.05) is 25.1 Å². The maximum Gasteiger partial charge on any atom is 0.251 e. The average Bonchev–Trinajstić information content (AvgIpc) is 3.26. The Bertz CT molecular complexity index is 1510.